The van der Waals surface area contributed by atoms with E-state index in [0.717, 1.165) is 33.0 Å². The van der Waals surface area contributed by atoms with Crippen molar-refractivity contribution in [2.24, 2.45) is 0 Å². The minimum absolute atomic E-state index is 0.387. The lowest BCUT2D eigenvalue weighted by Crippen LogP contribution is -2.19. The molecule has 0 saturated heterocycles. The second kappa shape index (κ2) is 6.25. The van der Waals surface area contributed by atoms with Crippen LogP contribution in [0.1, 0.15) is 6.92 Å². The standard InChI is InChI=1S/C22H18O2/c1-16(23-21-14-6-10-17-8-2-4-12-19(17)21)24-22-15-7-11-18-9-3-5-13-20(18)22/h2-16H,1H3. The van der Waals surface area contributed by atoms with Gasteiger partial charge < -0.3 is 9.47 Å². The quantitative estimate of drug-likeness (QED) is 0.443. The summed E-state index contributed by atoms with van der Waals surface area (Å²) in [5, 5.41) is 4.50. The van der Waals surface area contributed by atoms with Crippen molar-refractivity contribution in [3.63, 3.8) is 0 Å². The SMILES string of the molecule is CC(Oc1cccc2ccccc12)Oc1cccc2ccccc12. The Morgan fingerprint density at radius 2 is 0.958 bits per heavy atom. The maximum Gasteiger partial charge on any atom is 0.238 e. The van der Waals surface area contributed by atoms with E-state index in [2.05, 4.69) is 36.4 Å². The zero-order valence-electron chi connectivity index (χ0n) is 13.5. The Morgan fingerprint density at radius 1 is 0.542 bits per heavy atom. The van der Waals surface area contributed by atoms with Crippen molar-refractivity contribution in [3.05, 3.63) is 84.9 Å². The summed E-state index contributed by atoms with van der Waals surface area (Å²) < 4.78 is 12.1. The van der Waals surface area contributed by atoms with Crippen LogP contribution in [-0.4, -0.2) is 6.29 Å². The molecule has 0 aliphatic heterocycles. The Bertz CT molecular complexity index is 899. The molecule has 4 rings (SSSR count). The van der Waals surface area contributed by atoms with Crippen molar-refractivity contribution < 1.29 is 9.47 Å². The molecule has 118 valence electrons. The second-order valence-electron chi connectivity index (χ2n) is 5.76. The van der Waals surface area contributed by atoms with Crippen molar-refractivity contribution in [2.75, 3.05) is 0 Å². The van der Waals surface area contributed by atoms with Crippen LogP contribution in [0.4, 0.5) is 0 Å². The van der Waals surface area contributed by atoms with Gasteiger partial charge in [-0.1, -0.05) is 72.8 Å². The summed E-state index contributed by atoms with van der Waals surface area (Å²) >= 11 is 0. The zero-order chi connectivity index (χ0) is 16.4. The van der Waals surface area contributed by atoms with Crippen LogP contribution in [-0.2, 0) is 0 Å². The van der Waals surface area contributed by atoms with Crippen molar-refractivity contribution in [1.82, 2.24) is 0 Å². The molecule has 0 amide bonds. The van der Waals surface area contributed by atoms with Gasteiger partial charge in [0.1, 0.15) is 11.5 Å². The Hall–Kier alpha value is -3.00. The van der Waals surface area contributed by atoms with Crippen LogP contribution in [0.2, 0.25) is 0 Å². The van der Waals surface area contributed by atoms with Gasteiger partial charge in [0.25, 0.3) is 0 Å². The van der Waals surface area contributed by atoms with Crippen LogP contribution in [0.5, 0.6) is 11.5 Å². The van der Waals surface area contributed by atoms with Gasteiger partial charge in [-0.05, 0) is 22.9 Å². The molecule has 0 saturated carbocycles. The van der Waals surface area contributed by atoms with E-state index >= 15 is 0 Å². The molecule has 0 N–H and O–H groups in total. The third-order valence-corrected chi connectivity index (χ3v) is 4.09. The largest absolute Gasteiger partial charge is 0.455 e. The van der Waals surface area contributed by atoms with Gasteiger partial charge >= 0.3 is 0 Å². The first-order chi connectivity index (χ1) is 11.8. The summed E-state index contributed by atoms with van der Waals surface area (Å²) in [6.07, 6.45) is -0.387. The van der Waals surface area contributed by atoms with Crippen LogP contribution in [0.15, 0.2) is 84.9 Å². The van der Waals surface area contributed by atoms with Crippen molar-refractivity contribution in [2.45, 2.75) is 13.2 Å². The Labute approximate surface area is 141 Å². The van der Waals surface area contributed by atoms with E-state index < -0.39 is 0 Å². The molecule has 0 atom stereocenters. The van der Waals surface area contributed by atoms with E-state index in [9.17, 15) is 0 Å². The molecule has 0 fully saturated rings. The number of hydrogen-bond donors (Lipinski definition) is 0. The van der Waals surface area contributed by atoms with Crippen molar-refractivity contribution in [3.8, 4) is 11.5 Å². The van der Waals surface area contributed by atoms with Gasteiger partial charge in [-0.3, -0.25) is 0 Å². The normalized spacial score (nSPS) is 11.1. The molecular weight excluding hydrogens is 296 g/mol. The number of benzene rings is 4. The summed E-state index contributed by atoms with van der Waals surface area (Å²) in [5.74, 6) is 1.67. The van der Waals surface area contributed by atoms with Gasteiger partial charge in [0, 0.05) is 17.7 Å². The molecule has 0 aliphatic carbocycles. The van der Waals surface area contributed by atoms with Gasteiger partial charge in [0.2, 0.25) is 6.29 Å². The molecule has 0 spiro atoms. The van der Waals surface area contributed by atoms with Gasteiger partial charge in [-0.2, -0.15) is 0 Å². The van der Waals surface area contributed by atoms with Gasteiger partial charge in [-0.25, -0.2) is 0 Å². The number of rotatable bonds is 4. The highest BCUT2D eigenvalue weighted by molar-refractivity contribution is 5.89. The topological polar surface area (TPSA) is 18.5 Å². The molecule has 0 bridgehead atoms. The minimum Gasteiger partial charge on any atom is -0.455 e. The molecule has 0 heterocycles. The average Bonchev–Trinajstić information content (AvgIpc) is 2.62. The molecule has 0 radical (unpaired) electrons. The summed E-state index contributed by atoms with van der Waals surface area (Å²) in [4.78, 5) is 0. The number of fused-ring (bicyclic) bond motifs is 2. The van der Waals surface area contributed by atoms with E-state index in [1.807, 2.05) is 55.5 Å². The highest BCUT2D eigenvalue weighted by atomic mass is 16.7. The number of hydrogen-bond acceptors (Lipinski definition) is 2. The fourth-order valence-electron chi connectivity index (χ4n) is 2.98. The van der Waals surface area contributed by atoms with Crippen LogP contribution in [0, 0.1) is 0 Å². The Balaban J connectivity index is 1.61. The Kier molecular flexibility index (Phi) is 3.80. The molecule has 0 aromatic heterocycles. The summed E-state index contributed by atoms with van der Waals surface area (Å²) in [6, 6.07) is 28.5. The smallest absolute Gasteiger partial charge is 0.238 e. The van der Waals surface area contributed by atoms with Gasteiger partial charge in [0.15, 0.2) is 0 Å². The highest BCUT2D eigenvalue weighted by Crippen LogP contribution is 2.29. The maximum absolute atomic E-state index is 6.06. The van der Waals surface area contributed by atoms with Crippen LogP contribution >= 0.6 is 0 Å². The van der Waals surface area contributed by atoms with Crippen LogP contribution in [0.3, 0.4) is 0 Å². The molecule has 0 aliphatic rings. The van der Waals surface area contributed by atoms with E-state index in [1.54, 1.807) is 0 Å². The van der Waals surface area contributed by atoms with Crippen LogP contribution in [0.25, 0.3) is 21.5 Å². The summed E-state index contributed by atoms with van der Waals surface area (Å²) in [7, 11) is 0. The van der Waals surface area contributed by atoms with Crippen molar-refractivity contribution in [1.29, 1.82) is 0 Å². The van der Waals surface area contributed by atoms with Crippen molar-refractivity contribution >= 4 is 21.5 Å². The maximum atomic E-state index is 6.06. The Morgan fingerprint density at radius 3 is 1.46 bits per heavy atom. The third-order valence-electron chi connectivity index (χ3n) is 4.09. The number of ether oxygens (including phenoxy) is 2. The lowest BCUT2D eigenvalue weighted by Gasteiger charge is -2.19. The lowest BCUT2D eigenvalue weighted by molar-refractivity contribution is 0.0248. The fourth-order valence-corrected chi connectivity index (χ4v) is 2.98. The molecular formula is C22H18O2. The molecule has 4 aromatic carbocycles. The van der Waals surface area contributed by atoms with E-state index in [-0.39, 0.29) is 6.29 Å². The predicted octanol–water partition coefficient (Wildman–Crippen LogP) is 5.80. The van der Waals surface area contributed by atoms with Crippen LogP contribution < -0.4 is 9.47 Å². The van der Waals surface area contributed by atoms with Gasteiger partial charge in [-0.15, -0.1) is 0 Å². The molecule has 0 unspecified atom stereocenters. The second-order valence-corrected chi connectivity index (χ2v) is 5.76. The minimum atomic E-state index is -0.387. The first-order valence-corrected chi connectivity index (χ1v) is 8.10. The monoisotopic (exact) mass is 314 g/mol. The van der Waals surface area contributed by atoms with E-state index in [1.165, 1.54) is 0 Å². The molecule has 2 heteroatoms. The summed E-state index contributed by atoms with van der Waals surface area (Å²) in [6.45, 7) is 1.92. The summed E-state index contributed by atoms with van der Waals surface area (Å²) in [5.41, 5.74) is 0. The third kappa shape index (κ3) is 2.79. The first-order valence-electron chi connectivity index (χ1n) is 8.10. The van der Waals surface area contributed by atoms with E-state index in [0.29, 0.717) is 0 Å². The van der Waals surface area contributed by atoms with Gasteiger partial charge in [0.05, 0.1) is 0 Å². The fraction of sp³-hybridized carbons (Fsp3) is 0.0909. The zero-order valence-corrected chi connectivity index (χ0v) is 13.5. The molecule has 4 aromatic rings. The first kappa shape index (κ1) is 14.6. The lowest BCUT2D eigenvalue weighted by atomic mass is 10.1. The van der Waals surface area contributed by atoms with E-state index in [4.69, 9.17) is 9.47 Å². The average molecular weight is 314 g/mol. The molecule has 2 nitrogen and oxygen atoms in total. The molecule has 24 heavy (non-hydrogen) atoms. The highest BCUT2D eigenvalue weighted by Gasteiger charge is 2.10. The predicted molar refractivity (Wildman–Crippen MR) is 98.6 cm³/mol.